The third-order valence-electron chi connectivity index (χ3n) is 5.17. The van der Waals surface area contributed by atoms with Crippen molar-refractivity contribution in [1.29, 1.82) is 0 Å². The highest BCUT2D eigenvalue weighted by Gasteiger charge is 2.47. The summed E-state index contributed by atoms with van der Waals surface area (Å²) in [5, 5.41) is 0.798. The van der Waals surface area contributed by atoms with Gasteiger partial charge in [0.15, 0.2) is 20.8 Å². The average molecular weight is 431 g/mol. The van der Waals surface area contributed by atoms with Crippen LogP contribution in [0.1, 0.15) is 22.8 Å². The van der Waals surface area contributed by atoms with E-state index in [4.69, 9.17) is 9.73 Å². The van der Waals surface area contributed by atoms with E-state index in [1.165, 1.54) is 6.92 Å². The molecule has 0 saturated carbocycles. The molecule has 2 aliphatic rings. The Morgan fingerprint density at radius 3 is 2.66 bits per heavy atom. The first kappa shape index (κ1) is 20.0. The summed E-state index contributed by atoms with van der Waals surface area (Å²) in [6.45, 7) is 1.53. The Morgan fingerprint density at radius 2 is 1.97 bits per heavy atom. The predicted molar refractivity (Wildman–Crippen MR) is 117 cm³/mol. The second-order valence-corrected chi connectivity index (χ2v) is 10.3. The molecule has 6 nitrogen and oxygen atoms in total. The molecule has 2 aliphatic heterocycles. The third kappa shape index (κ3) is 4.18. The summed E-state index contributed by atoms with van der Waals surface area (Å²) in [6, 6.07) is 14.7. The van der Waals surface area contributed by atoms with E-state index in [1.54, 1.807) is 24.9 Å². The van der Waals surface area contributed by atoms with Gasteiger partial charge in [-0.25, -0.2) is 8.42 Å². The predicted octanol–water partition coefficient (Wildman–Crippen LogP) is 3.17. The second kappa shape index (κ2) is 7.84. The maximum atomic E-state index is 12.2. The minimum Gasteiger partial charge on any atom is -0.497 e. The number of fused-ring (bicyclic) bond motifs is 1. The zero-order valence-corrected chi connectivity index (χ0v) is 17.9. The number of anilines is 1. The lowest BCUT2D eigenvalue weighted by atomic mass is 10.1. The highest BCUT2D eigenvalue weighted by atomic mass is 32.2. The molecule has 8 heteroatoms. The van der Waals surface area contributed by atoms with Crippen LogP contribution in [0.5, 0.6) is 5.75 Å². The molecule has 2 aromatic carbocycles. The van der Waals surface area contributed by atoms with Crippen molar-refractivity contribution in [3.05, 3.63) is 59.7 Å². The van der Waals surface area contributed by atoms with Crippen LogP contribution >= 0.6 is 11.8 Å². The lowest BCUT2D eigenvalue weighted by Gasteiger charge is -2.26. The van der Waals surface area contributed by atoms with E-state index in [0.717, 1.165) is 22.2 Å². The number of carbonyl (C=O) groups excluding carboxylic acids is 1. The Bertz CT molecular complexity index is 1060. The molecule has 0 aromatic heterocycles. The highest BCUT2D eigenvalue weighted by Crippen LogP contribution is 2.36. The molecule has 2 aromatic rings. The summed E-state index contributed by atoms with van der Waals surface area (Å²) < 4.78 is 29.5. The minimum absolute atomic E-state index is 0.0222. The van der Waals surface area contributed by atoms with Crippen LogP contribution < -0.4 is 9.64 Å². The zero-order chi connectivity index (χ0) is 20.6. The van der Waals surface area contributed by atoms with Gasteiger partial charge in [-0.2, -0.15) is 0 Å². The first-order valence-corrected chi connectivity index (χ1v) is 12.1. The van der Waals surface area contributed by atoms with E-state index in [9.17, 15) is 13.2 Å². The number of amidine groups is 1. The molecule has 29 heavy (non-hydrogen) atoms. The van der Waals surface area contributed by atoms with Gasteiger partial charge in [0.2, 0.25) is 0 Å². The third-order valence-corrected chi connectivity index (χ3v) is 7.90. The first-order valence-electron chi connectivity index (χ1n) is 9.30. The molecule has 0 spiro atoms. The maximum Gasteiger partial charge on any atom is 0.164 e. The lowest BCUT2D eigenvalue weighted by molar-refractivity contribution is 0.101. The first-order chi connectivity index (χ1) is 13.9. The number of Topliss-reactive ketones (excluding diaryl/α,β-unsaturated/α-hetero) is 1. The topological polar surface area (TPSA) is 76.0 Å². The summed E-state index contributed by atoms with van der Waals surface area (Å²) >= 11 is 1.58. The Labute approximate surface area is 174 Å². The van der Waals surface area contributed by atoms with Crippen molar-refractivity contribution in [1.82, 2.24) is 0 Å². The molecular formula is C21H22N2O4S2. The zero-order valence-electron chi connectivity index (χ0n) is 16.2. The van der Waals surface area contributed by atoms with Gasteiger partial charge < -0.3 is 9.64 Å². The molecule has 152 valence electrons. The van der Waals surface area contributed by atoms with E-state index >= 15 is 0 Å². The van der Waals surface area contributed by atoms with E-state index < -0.39 is 9.84 Å². The number of benzene rings is 2. The Kier molecular flexibility index (Phi) is 5.40. The Morgan fingerprint density at radius 1 is 1.21 bits per heavy atom. The number of ether oxygens (including phenoxy) is 1. The van der Waals surface area contributed by atoms with Gasteiger partial charge in [0, 0.05) is 17.0 Å². The van der Waals surface area contributed by atoms with Gasteiger partial charge in [0.1, 0.15) is 5.75 Å². The molecular weight excluding hydrogens is 408 g/mol. The van der Waals surface area contributed by atoms with Crippen LogP contribution in [-0.2, 0) is 15.6 Å². The fraction of sp³-hybridized carbons (Fsp3) is 0.333. The molecule has 2 unspecified atom stereocenters. The smallest absolute Gasteiger partial charge is 0.164 e. The van der Waals surface area contributed by atoms with Crippen LogP contribution in [0.25, 0.3) is 0 Å². The van der Waals surface area contributed by atoms with Crippen LogP contribution in [0, 0.1) is 0 Å². The van der Waals surface area contributed by atoms with Crippen LogP contribution in [0.2, 0.25) is 0 Å². The molecule has 1 saturated heterocycles. The number of hydrogen-bond donors (Lipinski definition) is 0. The average Bonchev–Trinajstić information content (AvgIpc) is 3.17. The van der Waals surface area contributed by atoms with Crippen molar-refractivity contribution in [2.75, 3.05) is 23.5 Å². The number of rotatable bonds is 5. The molecule has 0 amide bonds. The number of thioether (sulfide) groups is 1. The summed E-state index contributed by atoms with van der Waals surface area (Å²) in [6.07, 6.45) is 0. The lowest BCUT2D eigenvalue weighted by Crippen LogP contribution is -2.39. The molecule has 4 rings (SSSR count). The Balaban J connectivity index is 1.61. The fourth-order valence-corrected chi connectivity index (χ4v) is 6.60. The molecule has 0 bridgehead atoms. The largest absolute Gasteiger partial charge is 0.497 e. The quantitative estimate of drug-likeness (QED) is 0.678. The molecule has 0 radical (unpaired) electrons. The number of hydrogen-bond acceptors (Lipinski definition) is 7. The number of sulfone groups is 1. The number of aliphatic imine (C=N–C) groups is 1. The van der Waals surface area contributed by atoms with Crippen LogP contribution in [0.4, 0.5) is 5.69 Å². The molecule has 0 aliphatic carbocycles. The maximum absolute atomic E-state index is 12.2. The van der Waals surface area contributed by atoms with Gasteiger partial charge >= 0.3 is 0 Å². The van der Waals surface area contributed by atoms with Gasteiger partial charge in [0.05, 0.1) is 30.7 Å². The highest BCUT2D eigenvalue weighted by molar-refractivity contribution is 8.13. The van der Waals surface area contributed by atoms with Crippen LogP contribution in [0.15, 0.2) is 53.5 Å². The van der Waals surface area contributed by atoms with Crippen molar-refractivity contribution >= 4 is 38.2 Å². The minimum atomic E-state index is -3.11. The standard InChI is InChI=1S/C21H22N2O4S2/c1-14(24)16-4-3-5-17(10-16)23-20-13-29(25,26)12-19(20)22-21(23)28-11-15-6-8-18(27-2)9-7-15/h3-10,19-20H,11-13H2,1-2H3. The summed E-state index contributed by atoms with van der Waals surface area (Å²) in [5.74, 6) is 1.65. The van der Waals surface area contributed by atoms with Crippen molar-refractivity contribution in [3.63, 3.8) is 0 Å². The number of nitrogens with zero attached hydrogens (tertiary/aromatic N) is 2. The van der Waals surface area contributed by atoms with Gasteiger partial charge in [-0.3, -0.25) is 9.79 Å². The monoisotopic (exact) mass is 430 g/mol. The van der Waals surface area contributed by atoms with Gasteiger partial charge in [-0.15, -0.1) is 0 Å². The van der Waals surface area contributed by atoms with Crippen LogP contribution in [0.3, 0.4) is 0 Å². The molecule has 2 heterocycles. The van der Waals surface area contributed by atoms with Crippen LogP contribution in [-0.4, -0.2) is 50.1 Å². The summed E-state index contributed by atoms with van der Waals surface area (Å²) in [4.78, 5) is 18.6. The van der Waals surface area contributed by atoms with E-state index in [-0.39, 0.29) is 29.4 Å². The normalized spacial score (nSPS) is 22.3. The second-order valence-electron chi connectivity index (χ2n) is 7.24. The number of ketones is 1. The van der Waals surface area contributed by atoms with Crippen molar-refractivity contribution in [2.24, 2.45) is 4.99 Å². The van der Waals surface area contributed by atoms with E-state index in [2.05, 4.69) is 0 Å². The van der Waals surface area contributed by atoms with Gasteiger partial charge in [0.25, 0.3) is 0 Å². The summed E-state index contributed by atoms with van der Waals surface area (Å²) in [5.41, 5.74) is 2.54. The van der Waals surface area contributed by atoms with E-state index in [1.807, 2.05) is 47.4 Å². The number of carbonyl (C=O) groups is 1. The fourth-order valence-electron chi connectivity index (χ4n) is 3.68. The summed E-state index contributed by atoms with van der Waals surface area (Å²) in [7, 11) is -1.47. The van der Waals surface area contributed by atoms with E-state index in [0.29, 0.717) is 11.3 Å². The molecule has 0 N–H and O–H groups in total. The number of methoxy groups -OCH3 is 1. The van der Waals surface area contributed by atoms with Crippen molar-refractivity contribution in [3.8, 4) is 5.75 Å². The molecule has 1 fully saturated rings. The van der Waals surface area contributed by atoms with Gasteiger partial charge in [-0.05, 0) is 36.8 Å². The van der Waals surface area contributed by atoms with Crippen molar-refractivity contribution < 1.29 is 17.9 Å². The SMILES string of the molecule is COc1ccc(CSC2=NC3CS(=O)(=O)CC3N2c2cccc(C(C)=O)c2)cc1. The van der Waals surface area contributed by atoms with Crippen molar-refractivity contribution in [2.45, 2.75) is 24.8 Å². The Hall–Kier alpha value is -2.32. The molecule has 2 atom stereocenters. The van der Waals surface area contributed by atoms with Gasteiger partial charge in [-0.1, -0.05) is 36.0 Å².